The zero-order valence-corrected chi connectivity index (χ0v) is 11.4. The molecule has 1 rings (SSSR count). The predicted molar refractivity (Wildman–Crippen MR) is 65.9 cm³/mol. The van der Waals surface area contributed by atoms with Gasteiger partial charge in [0.05, 0.1) is 0 Å². The molecule has 0 fully saturated rings. The van der Waals surface area contributed by atoms with E-state index in [1.54, 1.807) is 13.0 Å². The summed E-state index contributed by atoms with van der Waals surface area (Å²) < 4.78 is 16.6. The average molecular weight is 300 g/mol. The number of alkyl halides is 3. The number of carbonyl (C=O) groups is 1. The summed E-state index contributed by atoms with van der Waals surface area (Å²) in [6.07, 6.45) is -1.27. The van der Waals surface area contributed by atoms with Gasteiger partial charge in [0.2, 0.25) is 3.79 Å². The number of rotatable bonds is 2. The quantitative estimate of drug-likeness (QED) is 0.607. The van der Waals surface area contributed by atoms with Gasteiger partial charge >= 0.3 is 5.97 Å². The molecule has 0 saturated heterocycles. The molecule has 0 spiro atoms. The summed E-state index contributed by atoms with van der Waals surface area (Å²) in [4.78, 5) is 10.9. The molecule has 0 aliphatic rings. The first-order valence-corrected chi connectivity index (χ1v) is 5.85. The third kappa shape index (κ3) is 4.02. The SMILES string of the molecule is CC(=O)OC(c1cc(C)ccc1F)C(Cl)(Cl)Cl. The number of carbonyl (C=O) groups excluding carboxylic acids is 1. The summed E-state index contributed by atoms with van der Waals surface area (Å²) in [7, 11) is 0. The number of halogens is 4. The minimum Gasteiger partial charge on any atom is -0.453 e. The summed E-state index contributed by atoms with van der Waals surface area (Å²) in [5.74, 6) is -1.24. The van der Waals surface area contributed by atoms with Crippen LogP contribution in [0.25, 0.3) is 0 Å². The fourth-order valence-corrected chi connectivity index (χ4v) is 1.82. The largest absolute Gasteiger partial charge is 0.453 e. The maximum Gasteiger partial charge on any atom is 0.303 e. The molecular formula is C11H10Cl3FO2. The van der Waals surface area contributed by atoms with Crippen molar-refractivity contribution in [2.24, 2.45) is 0 Å². The Balaban J connectivity index is 3.21. The lowest BCUT2D eigenvalue weighted by atomic mass is 10.1. The second-order valence-corrected chi connectivity index (χ2v) is 5.92. The summed E-state index contributed by atoms with van der Waals surface area (Å²) in [6, 6.07) is 4.28. The first-order valence-electron chi connectivity index (χ1n) is 4.72. The number of esters is 1. The highest BCUT2D eigenvalue weighted by molar-refractivity contribution is 6.68. The van der Waals surface area contributed by atoms with E-state index in [-0.39, 0.29) is 5.56 Å². The summed E-state index contributed by atoms with van der Waals surface area (Å²) >= 11 is 17.1. The smallest absolute Gasteiger partial charge is 0.303 e. The molecule has 0 N–H and O–H groups in total. The lowest BCUT2D eigenvalue weighted by Crippen LogP contribution is -2.23. The average Bonchev–Trinajstić information content (AvgIpc) is 2.16. The van der Waals surface area contributed by atoms with Crippen LogP contribution in [-0.2, 0) is 9.53 Å². The maximum atomic E-state index is 13.6. The fraction of sp³-hybridized carbons (Fsp3) is 0.364. The number of aryl methyl sites for hydroxylation is 1. The Morgan fingerprint density at radius 1 is 1.41 bits per heavy atom. The standard InChI is InChI=1S/C11H10Cl3FO2/c1-6-3-4-9(15)8(5-6)10(11(12,13)14)17-7(2)16/h3-5,10H,1-2H3. The number of hydrogen-bond acceptors (Lipinski definition) is 2. The van der Waals surface area contributed by atoms with Crippen LogP contribution < -0.4 is 0 Å². The third-order valence-electron chi connectivity index (χ3n) is 2.02. The molecule has 2 nitrogen and oxygen atoms in total. The summed E-state index contributed by atoms with van der Waals surface area (Å²) in [6.45, 7) is 2.92. The Kier molecular flexibility index (Phi) is 4.64. The molecular weight excluding hydrogens is 289 g/mol. The molecule has 1 unspecified atom stereocenters. The predicted octanol–water partition coefficient (Wildman–Crippen LogP) is 4.11. The van der Waals surface area contributed by atoms with E-state index < -0.39 is 21.7 Å². The van der Waals surface area contributed by atoms with Gasteiger partial charge in [-0.3, -0.25) is 4.79 Å². The normalized spacial score (nSPS) is 13.3. The van der Waals surface area contributed by atoms with Gasteiger partial charge in [0.15, 0.2) is 6.10 Å². The van der Waals surface area contributed by atoms with Crippen LogP contribution in [0, 0.1) is 12.7 Å². The van der Waals surface area contributed by atoms with Crippen molar-refractivity contribution in [1.82, 2.24) is 0 Å². The number of ether oxygens (including phenoxy) is 1. The van der Waals surface area contributed by atoms with Crippen LogP contribution in [0.2, 0.25) is 0 Å². The minimum absolute atomic E-state index is 0.0419. The van der Waals surface area contributed by atoms with Crippen molar-refractivity contribution < 1.29 is 13.9 Å². The van der Waals surface area contributed by atoms with Gasteiger partial charge in [0.25, 0.3) is 0 Å². The first kappa shape index (κ1) is 14.6. The molecule has 0 aromatic heterocycles. The monoisotopic (exact) mass is 298 g/mol. The van der Waals surface area contributed by atoms with Crippen LogP contribution in [0.15, 0.2) is 18.2 Å². The van der Waals surface area contributed by atoms with Crippen molar-refractivity contribution in [3.63, 3.8) is 0 Å². The van der Waals surface area contributed by atoms with Crippen LogP contribution in [-0.4, -0.2) is 9.76 Å². The van der Waals surface area contributed by atoms with Crippen LogP contribution in [0.5, 0.6) is 0 Å². The maximum absolute atomic E-state index is 13.6. The molecule has 0 heterocycles. The van der Waals surface area contributed by atoms with Gasteiger partial charge in [-0.1, -0.05) is 46.4 Å². The van der Waals surface area contributed by atoms with Crippen LogP contribution in [0.1, 0.15) is 24.2 Å². The van der Waals surface area contributed by atoms with E-state index in [9.17, 15) is 9.18 Å². The topological polar surface area (TPSA) is 26.3 Å². The van der Waals surface area contributed by atoms with Crippen LogP contribution >= 0.6 is 34.8 Å². The molecule has 0 amide bonds. The molecule has 1 aromatic rings. The van der Waals surface area contributed by atoms with Gasteiger partial charge in [0.1, 0.15) is 5.82 Å². The van der Waals surface area contributed by atoms with Crippen molar-refractivity contribution in [2.75, 3.05) is 0 Å². The molecule has 1 atom stereocenters. The highest BCUT2D eigenvalue weighted by atomic mass is 35.6. The van der Waals surface area contributed by atoms with Crippen molar-refractivity contribution in [2.45, 2.75) is 23.7 Å². The van der Waals surface area contributed by atoms with Gasteiger partial charge in [-0.05, 0) is 19.1 Å². The molecule has 1 aromatic carbocycles. The Morgan fingerprint density at radius 3 is 2.47 bits per heavy atom. The first-order chi connectivity index (χ1) is 7.71. The lowest BCUT2D eigenvalue weighted by molar-refractivity contribution is -0.146. The zero-order chi connectivity index (χ0) is 13.2. The van der Waals surface area contributed by atoms with E-state index in [1.807, 2.05) is 0 Å². The van der Waals surface area contributed by atoms with Gasteiger partial charge < -0.3 is 4.74 Å². The van der Waals surface area contributed by atoms with Crippen molar-refractivity contribution in [3.8, 4) is 0 Å². The van der Waals surface area contributed by atoms with Crippen LogP contribution in [0.4, 0.5) is 4.39 Å². The molecule has 0 aliphatic carbocycles. The van der Waals surface area contributed by atoms with Gasteiger partial charge in [-0.2, -0.15) is 0 Å². The molecule has 0 saturated carbocycles. The third-order valence-corrected chi connectivity index (χ3v) is 2.61. The summed E-state index contributed by atoms with van der Waals surface area (Å²) in [5.41, 5.74) is 0.813. The van der Waals surface area contributed by atoms with Gasteiger partial charge in [0, 0.05) is 12.5 Å². The van der Waals surface area contributed by atoms with Gasteiger partial charge in [-0.25, -0.2) is 4.39 Å². The highest BCUT2D eigenvalue weighted by Gasteiger charge is 2.38. The Bertz CT molecular complexity index is 429. The number of hydrogen-bond donors (Lipinski definition) is 0. The van der Waals surface area contributed by atoms with Crippen molar-refractivity contribution >= 4 is 40.8 Å². The van der Waals surface area contributed by atoms with Crippen LogP contribution in [0.3, 0.4) is 0 Å². The summed E-state index contributed by atoms with van der Waals surface area (Å²) in [5, 5.41) is 0. The van der Waals surface area contributed by atoms with E-state index in [2.05, 4.69) is 0 Å². The van der Waals surface area contributed by atoms with E-state index in [0.29, 0.717) is 0 Å². The van der Waals surface area contributed by atoms with E-state index in [1.165, 1.54) is 12.1 Å². The molecule has 0 aliphatic heterocycles. The Labute approximate surface area is 114 Å². The molecule has 0 bridgehead atoms. The Morgan fingerprint density at radius 2 is 2.00 bits per heavy atom. The second-order valence-electron chi connectivity index (χ2n) is 3.56. The van der Waals surface area contributed by atoms with E-state index in [0.717, 1.165) is 12.5 Å². The van der Waals surface area contributed by atoms with E-state index >= 15 is 0 Å². The molecule has 94 valence electrons. The number of benzene rings is 1. The fourth-order valence-electron chi connectivity index (χ4n) is 1.34. The Hall–Kier alpha value is -0.510. The van der Waals surface area contributed by atoms with Crippen molar-refractivity contribution in [3.05, 3.63) is 35.1 Å². The molecule has 0 radical (unpaired) electrons. The lowest BCUT2D eigenvalue weighted by Gasteiger charge is -2.24. The van der Waals surface area contributed by atoms with Gasteiger partial charge in [-0.15, -0.1) is 0 Å². The minimum atomic E-state index is -1.93. The second kappa shape index (κ2) is 5.42. The molecule has 6 heteroatoms. The zero-order valence-electron chi connectivity index (χ0n) is 9.14. The van der Waals surface area contributed by atoms with Crippen molar-refractivity contribution in [1.29, 1.82) is 0 Å². The highest BCUT2D eigenvalue weighted by Crippen LogP contribution is 2.43. The molecule has 17 heavy (non-hydrogen) atoms. The van der Waals surface area contributed by atoms with E-state index in [4.69, 9.17) is 39.5 Å².